The van der Waals surface area contributed by atoms with Gasteiger partial charge in [0.05, 0.1) is 16.2 Å². The summed E-state index contributed by atoms with van der Waals surface area (Å²) >= 11 is 0. The lowest BCUT2D eigenvalue weighted by atomic mass is 10.0. The molecule has 1 N–H and O–H groups in total. The molecule has 0 saturated heterocycles. The van der Waals surface area contributed by atoms with Crippen LogP contribution in [0.15, 0.2) is 59.7 Å². The molecule has 0 spiro atoms. The summed E-state index contributed by atoms with van der Waals surface area (Å²) in [6, 6.07) is 11.3. The van der Waals surface area contributed by atoms with Gasteiger partial charge in [-0.15, -0.1) is 0 Å². The Bertz CT molecular complexity index is 1480. The molecule has 2 heterocycles. The van der Waals surface area contributed by atoms with Gasteiger partial charge in [0.25, 0.3) is 0 Å². The third-order valence-electron chi connectivity index (χ3n) is 6.60. The number of pyridine rings is 1. The fraction of sp³-hybridized carbons (Fsp3) is 0.280. The molecular weight excluding hydrogens is 420 g/mol. The predicted molar refractivity (Wildman–Crippen MR) is 123 cm³/mol. The van der Waals surface area contributed by atoms with Gasteiger partial charge in [0, 0.05) is 28.4 Å². The van der Waals surface area contributed by atoms with Gasteiger partial charge in [-0.3, -0.25) is 4.57 Å². The summed E-state index contributed by atoms with van der Waals surface area (Å²) in [4.78, 5) is 4.96. The van der Waals surface area contributed by atoms with E-state index < -0.39 is 10.0 Å². The SMILES string of the molecule is CC1(NS(=O)(=O)c2ccc(-c3c(C#N)c4cc(C5CC5)cnc4n3C3=CC=C3)cc2)CC1. The number of benzene rings is 1. The van der Waals surface area contributed by atoms with Crippen LogP contribution in [0.3, 0.4) is 0 Å². The first-order chi connectivity index (χ1) is 15.4. The van der Waals surface area contributed by atoms with Crippen molar-refractivity contribution in [1.29, 1.82) is 5.26 Å². The minimum Gasteiger partial charge on any atom is -0.293 e. The highest BCUT2D eigenvalue weighted by Gasteiger charge is 2.41. The highest BCUT2D eigenvalue weighted by atomic mass is 32.2. The molecule has 0 unspecified atom stereocenters. The van der Waals surface area contributed by atoms with Gasteiger partial charge in [-0.05, 0) is 74.4 Å². The molecule has 6 nitrogen and oxygen atoms in total. The number of hydrogen-bond donors (Lipinski definition) is 1. The van der Waals surface area contributed by atoms with E-state index in [1.807, 2.05) is 35.9 Å². The van der Waals surface area contributed by atoms with E-state index in [2.05, 4.69) is 16.9 Å². The molecule has 3 aromatic rings. The maximum absolute atomic E-state index is 12.7. The van der Waals surface area contributed by atoms with Gasteiger partial charge in [0.1, 0.15) is 11.7 Å². The van der Waals surface area contributed by atoms with Crippen LogP contribution in [-0.2, 0) is 10.0 Å². The Kier molecular flexibility index (Phi) is 4.04. The Labute approximate surface area is 186 Å². The van der Waals surface area contributed by atoms with Crippen molar-refractivity contribution in [3.63, 3.8) is 0 Å². The number of aromatic nitrogens is 2. The van der Waals surface area contributed by atoms with Crippen LogP contribution in [0.5, 0.6) is 0 Å². The Hall–Kier alpha value is -3.21. The maximum Gasteiger partial charge on any atom is 0.241 e. The molecule has 6 rings (SSSR count). The third kappa shape index (κ3) is 3.10. The summed E-state index contributed by atoms with van der Waals surface area (Å²) in [6.07, 6.45) is 11.9. The molecule has 1 aromatic carbocycles. The number of nitrogens with zero attached hydrogens (tertiary/aromatic N) is 3. The summed E-state index contributed by atoms with van der Waals surface area (Å²) in [5, 5.41) is 10.9. The van der Waals surface area contributed by atoms with E-state index in [4.69, 9.17) is 4.98 Å². The number of allylic oxidation sites excluding steroid dienone is 4. The fourth-order valence-electron chi connectivity index (χ4n) is 4.26. The van der Waals surface area contributed by atoms with E-state index in [1.165, 1.54) is 18.4 Å². The summed E-state index contributed by atoms with van der Waals surface area (Å²) < 4.78 is 30.3. The van der Waals surface area contributed by atoms with E-state index >= 15 is 0 Å². The first-order valence-corrected chi connectivity index (χ1v) is 12.3. The zero-order valence-corrected chi connectivity index (χ0v) is 18.5. The van der Waals surface area contributed by atoms with E-state index in [-0.39, 0.29) is 10.4 Å². The van der Waals surface area contributed by atoms with Gasteiger partial charge >= 0.3 is 0 Å². The van der Waals surface area contributed by atoms with Crippen LogP contribution < -0.4 is 4.72 Å². The second kappa shape index (κ2) is 6.64. The Morgan fingerprint density at radius 3 is 2.50 bits per heavy atom. The number of hydrogen-bond acceptors (Lipinski definition) is 4. The molecule has 2 fully saturated rings. The molecule has 0 bridgehead atoms. The second-order valence-corrected chi connectivity index (χ2v) is 10.9. The van der Waals surface area contributed by atoms with Gasteiger partial charge in [-0.2, -0.15) is 5.26 Å². The lowest BCUT2D eigenvalue weighted by Gasteiger charge is -2.16. The molecule has 7 heteroatoms. The highest BCUT2D eigenvalue weighted by Crippen LogP contribution is 2.43. The Morgan fingerprint density at radius 2 is 1.94 bits per heavy atom. The second-order valence-electron chi connectivity index (χ2n) is 9.23. The monoisotopic (exact) mass is 442 g/mol. The first-order valence-electron chi connectivity index (χ1n) is 10.9. The average molecular weight is 443 g/mol. The summed E-state index contributed by atoms with van der Waals surface area (Å²) in [7, 11) is -3.58. The number of fused-ring (bicyclic) bond motifs is 1. The average Bonchev–Trinajstić information content (AvgIpc) is 3.66. The quantitative estimate of drug-likeness (QED) is 0.600. The van der Waals surface area contributed by atoms with Crippen molar-refractivity contribution >= 4 is 26.8 Å². The molecule has 160 valence electrons. The number of nitrogens with one attached hydrogen (secondary N) is 1. The summed E-state index contributed by atoms with van der Waals surface area (Å²) in [6.45, 7) is 1.92. The van der Waals surface area contributed by atoms with Crippen molar-refractivity contribution in [2.45, 2.75) is 49.0 Å². The molecule has 3 aliphatic carbocycles. The number of nitriles is 1. The van der Waals surface area contributed by atoms with Crippen molar-refractivity contribution in [2.24, 2.45) is 0 Å². The largest absolute Gasteiger partial charge is 0.293 e. The molecule has 0 aliphatic heterocycles. The van der Waals surface area contributed by atoms with Crippen LogP contribution in [0.25, 0.3) is 28.0 Å². The molecule has 0 atom stereocenters. The van der Waals surface area contributed by atoms with Crippen molar-refractivity contribution < 1.29 is 8.42 Å². The molecule has 2 saturated carbocycles. The lowest BCUT2D eigenvalue weighted by Crippen LogP contribution is -2.34. The van der Waals surface area contributed by atoms with E-state index in [0.717, 1.165) is 40.8 Å². The van der Waals surface area contributed by atoms with Crippen LogP contribution in [0, 0.1) is 11.3 Å². The third-order valence-corrected chi connectivity index (χ3v) is 8.26. The fourth-order valence-corrected chi connectivity index (χ4v) is 5.72. The minimum atomic E-state index is -3.58. The van der Waals surface area contributed by atoms with E-state index in [9.17, 15) is 13.7 Å². The van der Waals surface area contributed by atoms with Crippen LogP contribution in [0.2, 0.25) is 0 Å². The topological polar surface area (TPSA) is 87.8 Å². The summed E-state index contributed by atoms with van der Waals surface area (Å²) in [5.74, 6) is 0.540. The van der Waals surface area contributed by atoms with Crippen LogP contribution in [0.4, 0.5) is 0 Å². The van der Waals surface area contributed by atoms with Gasteiger partial charge < -0.3 is 0 Å². The van der Waals surface area contributed by atoms with Crippen molar-refractivity contribution in [1.82, 2.24) is 14.3 Å². The lowest BCUT2D eigenvalue weighted by molar-refractivity contribution is 0.558. The molecule has 32 heavy (non-hydrogen) atoms. The molecule has 0 amide bonds. The smallest absolute Gasteiger partial charge is 0.241 e. The van der Waals surface area contributed by atoms with Gasteiger partial charge in [-0.1, -0.05) is 18.2 Å². The molecular formula is C25H22N4O2S. The first kappa shape index (κ1) is 19.5. The van der Waals surface area contributed by atoms with Crippen molar-refractivity contribution in [3.05, 3.63) is 65.9 Å². The van der Waals surface area contributed by atoms with Crippen LogP contribution in [-0.4, -0.2) is 23.5 Å². The minimum absolute atomic E-state index is 0.229. The molecule has 2 aromatic heterocycles. The zero-order valence-electron chi connectivity index (χ0n) is 17.7. The van der Waals surface area contributed by atoms with Gasteiger partial charge in [-0.25, -0.2) is 18.1 Å². The standard InChI is InChI=1S/C25H22N4O2S/c1-25(11-12-25)28-32(30,31)20-9-7-17(8-10-20)23-22(14-26)21-13-18(16-5-6-16)15-27-24(21)29(23)19-3-2-4-19/h2-4,7-10,13,15-16,28H,5-6,11-12H2,1H3. The van der Waals surface area contributed by atoms with Crippen LogP contribution >= 0.6 is 0 Å². The van der Waals surface area contributed by atoms with E-state index in [0.29, 0.717) is 11.5 Å². The summed E-state index contributed by atoms with van der Waals surface area (Å²) in [5.41, 5.74) is 4.64. The predicted octanol–water partition coefficient (Wildman–Crippen LogP) is 4.69. The van der Waals surface area contributed by atoms with Crippen molar-refractivity contribution in [2.75, 3.05) is 0 Å². The van der Waals surface area contributed by atoms with Crippen molar-refractivity contribution in [3.8, 4) is 17.3 Å². The normalized spacial score (nSPS) is 18.8. The molecule has 3 aliphatic rings. The maximum atomic E-state index is 12.7. The zero-order chi connectivity index (χ0) is 22.1. The number of sulfonamides is 1. The Balaban J connectivity index is 1.49. The van der Waals surface area contributed by atoms with Crippen LogP contribution in [0.1, 0.15) is 49.7 Å². The highest BCUT2D eigenvalue weighted by molar-refractivity contribution is 7.89. The number of rotatable bonds is 6. The van der Waals surface area contributed by atoms with Gasteiger partial charge in [0.15, 0.2) is 0 Å². The molecule has 0 radical (unpaired) electrons. The Morgan fingerprint density at radius 1 is 1.22 bits per heavy atom. The van der Waals surface area contributed by atoms with Gasteiger partial charge in [0.2, 0.25) is 10.0 Å². The van der Waals surface area contributed by atoms with E-state index in [1.54, 1.807) is 24.3 Å².